The topological polar surface area (TPSA) is 29.4 Å². The van der Waals surface area contributed by atoms with Crippen molar-refractivity contribution in [3.8, 4) is 0 Å². The summed E-state index contributed by atoms with van der Waals surface area (Å²) in [5, 5.41) is 1.56. The van der Waals surface area contributed by atoms with Crippen molar-refractivity contribution in [3.63, 3.8) is 0 Å². The van der Waals surface area contributed by atoms with Crippen molar-refractivity contribution in [2.45, 2.75) is 0 Å². The van der Waals surface area contributed by atoms with Crippen molar-refractivity contribution in [1.29, 1.82) is 0 Å². The molecule has 0 saturated carbocycles. The summed E-state index contributed by atoms with van der Waals surface area (Å²) in [6.45, 7) is 0. The van der Waals surface area contributed by atoms with Crippen LogP contribution in [0.1, 0.15) is 5.56 Å². The smallest absolute Gasteiger partial charge is 0.189 e. The monoisotopic (exact) mass is 381 g/mol. The summed E-state index contributed by atoms with van der Waals surface area (Å²) in [5.74, 6) is 0. The molecule has 0 radical (unpaired) electrons. The second kappa shape index (κ2) is 8.21. The molecular weight excluding hydrogens is 361 g/mol. The molecule has 0 atom stereocenters. The number of para-hydroxylation sites is 1. The zero-order valence-corrected chi connectivity index (χ0v) is 16.2. The van der Waals surface area contributed by atoms with Gasteiger partial charge in [0.2, 0.25) is 0 Å². The highest BCUT2D eigenvalue weighted by Gasteiger charge is 2.34. The maximum atomic E-state index is 14.8. The third-order valence-corrected chi connectivity index (χ3v) is 7.57. The van der Waals surface area contributed by atoms with E-state index in [0.717, 1.165) is 21.9 Å². The SMILES string of the molecule is O=P(C(=Nc1ccccc1)c1ccccc1)(c1ccccc1)c1ccccc1. The molecule has 0 heterocycles. The number of aliphatic imine (C=N–C) groups is 1. The molecule has 3 heteroatoms. The fourth-order valence-electron chi connectivity index (χ4n) is 3.20. The second-order valence-electron chi connectivity index (χ2n) is 6.42. The number of hydrogen-bond donors (Lipinski definition) is 0. The van der Waals surface area contributed by atoms with E-state index in [9.17, 15) is 4.57 Å². The van der Waals surface area contributed by atoms with Crippen LogP contribution in [0.4, 0.5) is 5.69 Å². The number of hydrogen-bond acceptors (Lipinski definition) is 2. The van der Waals surface area contributed by atoms with Gasteiger partial charge in [-0.25, -0.2) is 4.99 Å². The molecule has 0 unspecified atom stereocenters. The van der Waals surface area contributed by atoms with Gasteiger partial charge in [0, 0.05) is 16.2 Å². The highest BCUT2D eigenvalue weighted by atomic mass is 31.2. The van der Waals surface area contributed by atoms with Crippen LogP contribution in [-0.2, 0) is 4.57 Å². The van der Waals surface area contributed by atoms with Crippen molar-refractivity contribution in [1.82, 2.24) is 0 Å². The van der Waals surface area contributed by atoms with Gasteiger partial charge in [0.15, 0.2) is 7.14 Å². The fourth-order valence-corrected chi connectivity index (χ4v) is 5.94. The van der Waals surface area contributed by atoms with E-state index in [-0.39, 0.29) is 0 Å². The fraction of sp³-hybridized carbons (Fsp3) is 0. The lowest BCUT2D eigenvalue weighted by Gasteiger charge is -2.22. The summed E-state index contributed by atoms with van der Waals surface area (Å²) in [5.41, 5.74) is 2.24. The first kappa shape index (κ1) is 18.2. The molecular formula is C25H20NOP. The lowest BCUT2D eigenvalue weighted by atomic mass is 10.2. The molecule has 0 aliphatic heterocycles. The van der Waals surface area contributed by atoms with Gasteiger partial charge in [0.25, 0.3) is 0 Å². The van der Waals surface area contributed by atoms with Gasteiger partial charge in [-0.3, -0.25) is 0 Å². The molecule has 136 valence electrons. The molecule has 4 rings (SSSR count). The Hall–Kier alpha value is -3.22. The third kappa shape index (κ3) is 3.60. The maximum absolute atomic E-state index is 14.8. The third-order valence-electron chi connectivity index (χ3n) is 4.56. The molecule has 2 nitrogen and oxygen atoms in total. The standard InChI is InChI=1S/C25H20NOP/c27-28(23-17-9-3-10-18-23,24-19-11-4-12-20-24)25(21-13-5-1-6-14-21)26-22-15-7-2-8-16-22/h1-20H. The first-order valence-electron chi connectivity index (χ1n) is 9.19. The Morgan fingerprint density at radius 1 is 0.536 bits per heavy atom. The summed E-state index contributed by atoms with van der Waals surface area (Å²) in [7, 11) is -3.17. The van der Waals surface area contributed by atoms with E-state index in [2.05, 4.69) is 0 Å². The van der Waals surface area contributed by atoms with E-state index in [0.29, 0.717) is 5.45 Å². The number of rotatable bonds is 5. The summed E-state index contributed by atoms with van der Waals surface area (Å²) >= 11 is 0. The highest BCUT2D eigenvalue weighted by Crippen LogP contribution is 2.48. The molecule has 0 aliphatic rings. The van der Waals surface area contributed by atoms with Crippen LogP contribution in [-0.4, -0.2) is 5.45 Å². The van der Waals surface area contributed by atoms with Gasteiger partial charge < -0.3 is 4.57 Å². The van der Waals surface area contributed by atoms with Gasteiger partial charge in [-0.15, -0.1) is 0 Å². The van der Waals surface area contributed by atoms with E-state index in [1.54, 1.807) is 0 Å². The summed E-state index contributed by atoms with van der Waals surface area (Å²) < 4.78 is 14.8. The van der Waals surface area contributed by atoms with Gasteiger partial charge in [-0.1, -0.05) is 109 Å². The van der Waals surface area contributed by atoms with Crippen molar-refractivity contribution in [2.24, 2.45) is 4.99 Å². The van der Waals surface area contributed by atoms with Gasteiger partial charge >= 0.3 is 0 Å². The molecule has 4 aromatic carbocycles. The van der Waals surface area contributed by atoms with Gasteiger partial charge in [-0.2, -0.15) is 0 Å². The molecule has 0 fully saturated rings. The molecule has 0 bridgehead atoms. The first-order valence-corrected chi connectivity index (χ1v) is 10.9. The molecule has 0 spiro atoms. The zero-order chi connectivity index (χ0) is 19.2. The van der Waals surface area contributed by atoms with E-state index >= 15 is 0 Å². The maximum Gasteiger partial charge on any atom is 0.189 e. The van der Waals surface area contributed by atoms with Crippen LogP contribution in [0.5, 0.6) is 0 Å². The Kier molecular flexibility index (Phi) is 5.32. The molecule has 0 aliphatic carbocycles. The zero-order valence-electron chi connectivity index (χ0n) is 15.3. The Bertz CT molecular complexity index is 1060. The van der Waals surface area contributed by atoms with E-state index in [4.69, 9.17) is 4.99 Å². The minimum Gasteiger partial charge on any atom is -0.307 e. The van der Waals surface area contributed by atoms with Crippen molar-refractivity contribution in [3.05, 3.63) is 127 Å². The number of benzene rings is 4. The van der Waals surface area contributed by atoms with Crippen LogP contribution in [0, 0.1) is 0 Å². The lowest BCUT2D eigenvalue weighted by molar-refractivity contribution is 0.593. The Morgan fingerprint density at radius 2 is 0.929 bits per heavy atom. The van der Waals surface area contributed by atoms with Crippen molar-refractivity contribution >= 4 is 28.9 Å². The van der Waals surface area contributed by atoms with Gasteiger partial charge in [-0.05, 0) is 12.1 Å². The molecule has 0 amide bonds. The largest absolute Gasteiger partial charge is 0.307 e. The van der Waals surface area contributed by atoms with Gasteiger partial charge in [0.1, 0.15) is 5.45 Å². The van der Waals surface area contributed by atoms with Crippen molar-refractivity contribution in [2.75, 3.05) is 0 Å². The van der Waals surface area contributed by atoms with Crippen LogP contribution in [0.15, 0.2) is 126 Å². The lowest BCUT2D eigenvalue weighted by Crippen LogP contribution is -2.23. The minimum atomic E-state index is -3.17. The van der Waals surface area contributed by atoms with Crippen LogP contribution in [0.2, 0.25) is 0 Å². The van der Waals surface area contributed by atoms with Gasteiger partial charge in [0.05, 0.1) is 5.69 Å². The van der Waals surface area contributed by atoms with E-state index in [1.807, 2.05) is 121 Å². The van der Waals surface area contributed by atoms with Crippen molar-refractivity contribution < 1.29 is 4.57 Å². The minimum absolute atomic E-state index is 0.594. The summed E-state index contributed by atoms with van der Waals surface area (Å²) in [6.07, 6.45) is 0. The predicted molar refractivity (Wildman–Crippen MR) is 119 cm³/mol. The quantitative estimate of drug-likeness (QED) is 0.318. The molecule has 0 N–H and O–H groups in total. The van der Waals surface area contributed by atoms with Crippen LogP contribution in [0.3, 0.4) is 0 Å². The van der Waals surface area contributed by atoms with Crippen LogP contribution >= 0.6 is 7.14 Å². The number of nitrogens with zero attached hydrogens (tertiary/aromatic N) is 1. The van der Waals surface area contributed by atoms with Crippen LogP contribution in [0.25, 0.3) is 0 Å². The normalized spacial score (nSPS) is 11.9. The first-order chi connectivity index (χ1) is 13.8. The highest BCUT2D eigenvalue weighted by molar-refractivity contribution is 7.93. The average Bonchev–Trinajstić information content (AvgIpc) is 2.79. The summed E-state index contributed by atoms with van der Waals surface area (Å²) in [6, 6.07) is 38.8. The Labute approximate surface area is 165 Å². The predicted octanol–water partition coefficient (Wildman–Crippen LogP) is 5.78. The summed E-state index contributed by atoms with van der Waals surface area (Å²) in [4.78, 5) is 4.91. The van der Waals surface area contributed by atoms with E-state index < -0.39 is 7.14 Å². The Balaban J connectivity index is 2.03. The Morgan fingerprint density at radius 3 is 1.39 bits per heavy atom. The molecule has 28 heavy (non-hydrogen) atoms. The van der Waals surface area contributed by atoms with E-state index in [1.165, 1.54) is 0 Å². The average molecular weight is 381 g/mol. The molecule has 4 aromatic rings. The molecule has 0 aromatic heterocycles. The van der Waals surface area contributed by atoms with Crippen LogP contribution < -0.4 is 10.6 Å². The second-order valence-corrected chi connectivity index (χ2v) is 9.09. The molecule has 0 saturated heterocycles.